The molecule has 3 nitrogen and oxygen atoms in total. The predicted molar refractivity (Wildman–Crippen MR) is 51.7 cm³/mol. The first-order valence-corrected chi connectivity index (χ1v) is 4.26. The average Bonchev–Trinajstić information content (AvgIpc) is 2.10. The molecule has 3 heteroatoms. The lowest BCUT2D eigenvalue weighted by atomic mass is 10.0. The minimum absolute atomic E-state index is 0.0207. The number of aryl methyl sites for hydroxylation is 1. The third kappa shape index (κ3) is 2.20. The van der Waals surface area contributed by atoms with Gasteiger partial charge in [-0.15, -0.1) is 0 Å². The number of hydrogen-bond donors (Lipinski definition) is 3. The summed E-state index contributed by atoms with van der Waals surface area (Å²) in [6.07, 6.45) is 0. The molecule has 72 valence electrons. The fourth-order valence-corrected chi connectivity index (χ4v) is 1.29. The Morgan fingerprint density at radius 1 is 1.46 bits per heavy atom. The van der Waals surface area contributed by atoms with Crippen LogP contribution in [0, 0.1) is 6.92 Å². The van der Waals surface area contributed by atoms with E-state index in [1.54, 1.807) is 13.1 Å². The minimum Gasteiger partial charge on any atom is -0.508 e. The molecule has 0 aliphatic heterocycles. The largest absolute Gasteiger partial charge is 0.508 e. The number of benzene rings is 1. The Bertz CT molecular complexity index is 282. The number of aliphatic hydroxyl groups is 1. The topological polar surface area (TPSA) is 52.5 Å². The highest BCUT2D eigenvalue weighted by Crippen LogP contribution is 2.24. The molecule has 0 fully saturated rings. The van der Waals surface area contributed by atoms with E-state index in [2.05, 4.69) is 5.32 Å². The second-order valence-corrected chi connectivity index (χ2v) is 3.09. The maximum Gasteiger partial charge on any atom is 0.120 e. The van der Waals surface area contributed by atoms with Crippen LogP contribution in [0.2, 0.25) is 0 Å². The van der Waals surface area contributed by atoms with Gasteiger partial charge in [-0.1, -0.05) is 12.1 Å². The monoisotopic (exact) mass is 181 g/mol. The summed E-state index contributed by atoms with van der Waals surface area (Å²) in [5.74, 6) is 0.230. The molecule has 3 N–H and O–H groups in total. The molecule has 0 heterocycles. The van der Waals surface area contributed by atoms with E-state index in [0.29, 0.717) is 0 Å². The molecule has 1 aromatic carbocycles. The van der Waals surface area contributed by atoms with Crippen molar-refractivity contribution in [1.82, 2.24) is 5.32 Å². The van der Waals surface area contributed by atoms with Crippen LogP contribution in [0.5, 0.6) is 5.75 Å². The molecule has 0 aromatic heterocycles. The first-order valence-electron chi connectivity index (χ1n) is 4.26. The van der Waals surface area contributed by atoms with E-state index in [0.717, 1.165) is 11.1 Å². The third-order valence-electron chi connectivity index (χ3n) is 2.09. The molecule has 0 bridgehead atoms. The van der Waals surface area contributed by atoms with E-state index in [9.17, 15) is 5.11 Å². The number of aliphatic hydroxyl groups excluding tert-OH is 1. The molecular weight excluding hydrogens is 166 g/mol. The third-order valence-corrected chi connectivity index (χ3v) is 2.09. The van der Waals surface area contributed by atoms with Crippen molar-refractivity contribution in [1.29, 1.82) is 0 Å². The number of aromatic hydroxyl groups is 1. The van der Waals surface area contributed by atoms with Gasteiger partial charge >= 0.3 is 0 Å². The summed E-state index contributed by atoms with van der Waals surface area (Å²) in [6, 6.07) is 5.23. The second-order valence-electron chi connectivity index (χ2n) is 3.09. The van der Waals surface area contributed by atoms with Gasteiger partial charge in [0, 0.05) is 5.56 Å². The Kier molecular flexibility index (Phi) is 3.28. The predicted octanol–water partition coefficient (Wildman–Crippen LogP) is 0.953. The summed E-state index contributed by atoms with van der Waals surface area (Å²) in [5.41, 5.74) is 1.74. The van der Waals surface area contributed by atoms with Crippen molar-refractivity contribution in [3.8, 4) is 5.75 Å². The second kappa shape index (κ2) is 4.25. The Hall–Kier alpha value is -1.06. The summed E-state index contributed by atoms with van der Waals surface area (Å²) in [5, 5.41) is 21.5. The molecule has 13 heavy (non-hydrogen) atoms. The average molecular weight is 181 g/mol. The highest BCUT2D eigenvalue weighted by Gasteiger charge is 2.11. The zero-order chi connectivity index (χ0) is 9.84. The summed E-state index contributed by atoms with van der Waals surface area (Å²) in [4.78, 5) is 0. The molecule has 0 spiro atoms. The zero-order valence-corrected chi connectivity index (χ0v) is 7.91. The van der Waals surface area contributed by atoms with Gasteiger partial charge in [0.05, 0.1) is 12.6 Å². The Labute approximate surface area is 78.0 Å². The van der Waals surface area contributed by atoms with E-state index in [4.69, 9.17) is 5.11 Å². The molecule has 0 aliphatic rings. The summed E-state index contributed by atoms with van der Waals surface area (Å²) in [6.45, 7) is 1.89. The van der Waals surface area contributed by atoms with Gasteiger partial charge in [0.1, 0.15) is 5.75 Å². The highest BCUT2D eigenvalue weighted by atomic mass is 16.3. The minimum atomic E-state index is -0.194. The van der Waals surface area contributed by atoms with E-state index < -0.39 is 0 Å². The summed E-state index contributed by atoms with van der Waals surface area (Å²) in [7, 11) is 1.75. The van der Waals surface area contributed by atoms with Crippen LogP contribution < -0.4 is 5.32 Å². The van der Waals surface area contributed by atoms with Crippen LogP contribution in [-0.4, -0.2) is 23.9 Å². The van der Waals surface area contributed by atoms with E-state index >= 15 is 0 Å². The normalized spacial score (nSPS) is 12.8. The lowest BCUT2D eigenvalue weighted by molar-refractivity contribution is 0.248. The molecule has 0 unspecified atom stereocenters. The van der Waals surface area contributed by atoms with Gasteiger partial charge in [0.2, 0.25) is 0 Å². The Morgan fingerprint density at radius 3 is 2.62 bits per heavy atom. The van der Waals surface area contributed by atoms with E-state index in [1.807, 2.05) is 19.1 Å². The smallest absolute Gasteiger partial charge is 0.120 e. The lowest BCUT2D eigenvalue weighted by Crippen LogP contribution is -2.19. The molecular formula is C10H15NO2. The van der Waals surface area contributed by atoms with Crippen LogP contribution in [0.4, 0.5) is 0 Å². The van der Waals surface area contributed by atoms with Gasteiger partial charge in [-0.2, -0.15) is 0 Å². The molecule has 0 saturated carbocycles. The SMILES string of the molecule is CN[C@H](CO)c1ccc(C)cc1O. The fourth-order valence-electron chi connectivity index (χ4n) is 1.29. The fraction of sp³-hybridized carbons (Fsp3) is 0.400. The first-order chi connectivity index (χ1) is 6.19. The lowest BCUT2D eigenvalue weighted by Gasteiger charge is -2.15. The van der Waals surface area contributed by atoms with Crippen LogP contribution in [0.1, 0.15) is 17.2 Å². The maximum absolute atomic E-state index is 9.57. The van der Waals surface area contributed by atoms with Crippen molar-refractivity contribution in [2.75, 3.05) is 13.7 Å². The molecule has 0 amide bonds. The van der Waals surface area contributed by atoms with Crippen molar-refractivity contribution in [2.24, 2.45) is 0 Å². The number of phenols is 1. The zero-order valence-electron chi connectivity index (χ0n) is 7.91. The molecule has 1 atom stereocenters. The summed E-state index contributed by atoms with van der Waals surface area (Å²) < 4.78 is 0. The molecule has 0 saturated heterocycles. The molecule has 0 aliphatic carbocycles. The Balaban J connectivity index is 2.99. The van der Waals surface area contributed by atoms with Crippen LogP contribution in [0.3, 0.4) is 0 Å². The van der Waals surface area contributed by atoms with Crippen molar-refractivity contribution in [2.45, 2.75) is 13.0 Å². The van der Waals surface area contributed by atoms with Crippen molar-refractivity contribution >= 4 is 0 Å². The van der Waals surface area contributed by atoms with Crippen LogP contribution in [-0.2, 0) is 0 Å². The van der Waals surface area contributed by atoms with Gasteiger partial charge < -0.3 is 15.5 Å². The number of likely N-dealkylation sites (N-methyl/N-ethyl adjacent to an activating group) is 1. The number of phenolic OH excluding ortho intramolecular Hbond substituents is 1. The van der Waals surface area contributed by atoms with Crippen LogP contribution in [0.25, 0.3) is 0 Å². The van der Waals surface area contributed by atoms with Gasteiger partial charge in [-0.25, -0.2) is 0 Å². The van der Waals surface area contributed by atoms with Crippen molar-refractivity contribution < 1.29 is 10.2 Å². The number of hydrogen-bond acceptors (Lipinski definition) is 3. The van der Waals surface area contributed by atoms with Crippen molar-refractivity contribution in [3.05, 3.63) is 29.3 Å². The quantitative estimate of drug-likeness (QED) is 0.651. The summed E-state index contributed by atoms with van der Waals surface area (Å²) >= 11 is 0. The van der Waals surface area contributed by atoms with Crippen LogP contribution >= 0.6 is 0 Å². The highest BCUT2D eigenvalue weighted by molar-refractivity contribution is 5.38. The first kappa shape index (κ1) is 10.0. The molecule has 1 rings (SSSR count). The van der Waals surface area contributed by atoms with Gasteiger partial charge in [-0.3, -0.25) is 0 Å². The maximum atomic E-state index is 9.57. The van der Waals surface area contributed by atoms with E-state index in [-0.39, 0.29) is 18.4 Å². The molecule has 0 radical (unpaired) electrons. The van der Waals surface area contributed by atoms with Crippen molar-refractivity contribution in [3.63, 3.8) is 0 Å². The van der Waals surface area contributed by atoms with Gasteiger partial charge in [0.15, 0.2) is 0 Å². The van der Waals surface area contributed by atoms with Gasteiger partial charge in [-0.05, 0) is 25.6 Å². The number of nitrogens with one attached hydrogen (secondary N) is 1. The number of rotatable bonds is 3. The molecule has 1 aromatic rings. The standard InChI is InChI=1S/C10H15NO2/c1-7-3-4-8(10(13)5-7)9(6-12)11-2/h3-5,9,11-13H,6H2,1-2H3/t9-/m1/s1. The van der Waals surface area contributed by atoms with Gasteiger partial charge in [0.25, 0.3) is 0 Å². The van der Waals surface area contributed by atoms with E-state index in [1.165, 1.54) is 0 Å². The van der Waals surface area contributed by atoms with Crippen LogP contribution in [0.15, 0.2) is 18.2 Å². The Morgan fingerprint density at radius 2 is 2.15 bits per heavy atom.